The molecule has 0 amide bonds. The third-order valence-corrected chi connectivity index (χ3v) is 6.80. The van der Waals surface area contributed by atoms with Crippen LogP contribution in [0.25, 0.3) is 0 Å². The van der Waals surface area contributed by atoms with Gasteiger partial charge in [-0.3, -0.25) is 0 Å². The maximum atomic E-state index is 5.65. The topological polar surface area (TPSA) is 53.0 Å². The number of aliphatic imine (C=N–C) groups is 1. The molecule has 0 aromatic carbocycles. The SMILES string of the molecule is CCNC(=NCc1ccnc(N2CCOC(C)C2)c1)N1CCSC(C(C)C)C1.I. The smallest absolute Gasteiger partial charge is 0.194 e. The summed E-state index contributed by atoms with van der Waals surface area (Å²) in [6.45, 7) is 15.1. The molecule has 1 aromatic heterocycles. The number of hydrogen-bond acceptors (Lipinski definition) is 5. The molecule has 2 saturated heterocycles. The molecule has 164 valence electrons. The normalized spacial score (nSPS) is 23.1. The number of anilines is 1. The molecule has 2 unspecified atom stereocenters. The quantitative estimate of drug-likeness (QED) is 0.356. The van der Waals surface area contributed by atoms with Crippen molar-refractivity contribution < 1.29 is 4.74 Å². The zero-order valence-electron chi connectivity index (χ0n) is 18.1. The van der Waals surface area contributed by atoms with Crippen molar-refractivity contribution in [3.63, 3.8) is 0 Å². The third kappa shape index (κ3) is 7.17. The maximum absolute atomic E-state index is 5.65. The standard InChI is InChI=1S/C21H35N5OS.HI/c1-5-22-21(26-9-11-28-19(15-26)16(2)3)24-13-18-6-7-23-20(12-18)25-8-10-27-17(4)14-25;/h6-7,12,16-17,19H,5,8-11,13-15H2,1-4H3,(H,22,24);1H. The van der Waals surface area contributed by atoms with Crippen molar-refractivity contribution in [1.29, 1.82) is 0 Å². The lowest BCUT2D eigenvalue weighted by molar-refractivity contribution is 0.0529. The number of nitrogens with zero attached hydrogens (tertiary/aromatic N) is 4. The minimum absolute atomic E-state index is 0. The Morgan fingerprint density at radius 3 is 2.93 bits per heavy atom. The number of ether oxygens (including phenoxy) is 1. The monoisotopic (exact) mass is 533 g/mol. The van der Waals surface area contributed by atoms with Crippen molar-refractivity contribution in [1.82, 2.24) is 15.2 Å². The first-order valence-corrected chi connectivity index (χ1v) is 11.6. The Balaban J connectivity index is 0.00000300. The molecule has 2 atom stereocenters. The lowest BCUT2D eigenvalue weighted by atomic mass is 10.1. The number of nitrogens with one attached hydrogen (secondary N) is 1. The number of pyridine rings is 1. The molecule has 3 heterocycles. The van der Waals surface area contributed by atoms with E-state index in [4.69, 9.17) is 9.73 Å². The Bertz CT molecular complexity index is 660. The van der Waals surface area contributed by atoms with Crippen LogP contribution in [0.15, 0.2) is 23.3 Å². The maximum Gasteiger partial charge on any atom is 0.194 e. The zero-order chi connectivity index (χ0) is 19.9. The van der Waals surface area contributed by atoms with Crippen molar-refractivity contribution in [2.45, 2.75) is 45.6 Å². The minimum Gasteiger partial charge on any atom is -0.375 e. The van der Waals surface area contributed by atoms with Crippen LogP contribution in [0, 0.1) is 5.92 Å². The Hall–Kier alpha value is -0.740. The number of halogens is 1. The molecule has 3 rings (SSSR count). The highest BCUT2D eigenvalue weighted by Crippen LogP contribution is 2.25. The molecule has 0 bridgehead atoms. The van der Waals surface area contributed by atoms with E-state index in [1.54, 1.807) is 0 Å². The van der Waals surface area contributed by atoms with E-state index in [0.717, 1.165) is 51.1 Å². The molecule has 0 saturated carbocycles. The number of hydrogen-bond donors (Lipinski definition) is 1. The summed E-state index contributed by atoms with van der Waals surface area (Å²) in [4.78, 5) is 14.3. The van der Waals surface area contributed by atoms with Crippen molar-refractivity contribution in [2.75, 3.05) is 50.0 Å². The summed E-state index contributed by atoms with van der Waals surface area (Å²) >= 11 is 2.09. The largest absolute Gasteiger partial charge is 0.375 e. The number of thioether (sulfide) groups is 1. The van der Waals surface area contributed by atoms with Gasteiger partial charge in [-0.25, -0.2) is 9.98 Å². The predicted molar refractivity (Wildman–Crippen MR) is 135 cm³/mol. The van der Waals surface area contributed by atoms with Gasteiger partial charge in [-0.1, -0.05) is 13.8 Å². The van der Waals surface area contributed by atoms with Crippen LogP contribution in [0.3, 0.4) is 0 Å². The third-order valence-electron chi connectivity index (χ3n) is 5.26. The van der Waals surface area contributed by atoms with Crippen LogP contribution in [-0.4, -0.2) is 72.3 Å². The Labute approximate surface area is 197 Å². The van der Waals surface area contributed by atoms with E-state index in [-0.39, 0.29) is 30.1 Å². The summed E-state index contributed by atoms with van der Waals surface area (Å²) in [5.74, 6) is 3.92. The van der Waals surface area contributed by atoms with Crippen molar-refractivity contribution in [3.05, 3.63) is 23.9 Å². The van der Waals surface area contributed by atoms with Gasteiger partial charge in [0.1, 0.15) is 5.82 Å². The van der Waals surface area contributed by atoms with E-state index in [0.29, 0.717) is 17.7 Å². The highest BCUT2D eigenvalue weighted by molar-refractivity contribution is 14.0. The van der Waals surface area contributed by atoms with E-state index in [1.807, 2.05) is 6.20 Å². The van der Waals surface area contributed by atoms with Crippen LogP contribution < -0.4 is 10.2 Å². The first-order chi connectivity index (χ1) is 13.6. The molecule has 1 aromatic rings. The fourth-order valence-electron chi connectivity index (χ4n) is 3.62. The van der Waals surface area contributed by atoms with Gasteiger partial charge < -0.3 is 19.9 Å². The Kier molecular flexibility index (Phi) is 10.3. The second-order valence-corrected chi connectivity index (χ2v) is 9.27. The minimum atomic E-state index is 0. The molecule has 8 heteroatoms. The zero-order valence-corrected chi connectivity index (χ0v) is 21.3. The van der Waals surface area contributed by atoms with Gasteiger partial charge >= 0.3 is 0 Å². The lowest BCUT2D eigenvalue weighted by Gasteiger charge is -2.36. The number of rotatable bonds is 5. The van der Waals surface area contributed by atoms with E-state index in [2.05, 4.69) is 71.7 Å². The first-order valence-electron chi connectivity index (χ1n) is 10.5. The fourth-order valence-corrected chi connectivity index (χ4v) is 4.92. The van der Waals surface area contributed by atoms with Crippen LogP contribution in [0.1, 0.15) is 33.3 Å². The molecule has 2 aliphatic rings. The Morgan fingerprint density at radius 1 is 1.38 bits per heavy atom. The number of morpholine rings is 1. The Morgan fingerprint density at radius 2 is 2.21 bits per heavy atom. The van der Waals surface area contributed by atoms with Gasteiger partial charge in [0.2, 0.25) is 0 Å². The number of guanidine groups is 1. The molecule has 0 spiro atoms. The molecule has 2 fully saturated rings. The second kappa shape index (κ2) is 12.2. The summed E-state index contributed by atoms with van der Waals surface area (Å²) in [5.41, 5.74) is 1.20. The van der Waals surface area contributed by atoms with Gasteiger partial charge in [0.15, 0.2) is 5.96 Å². The molecular weight excluding hydrogens is 497 g/mol. The van der Waals surface area contributed by atoms with Crippen LogP contribution in [-0.2, 0) is 11.3 Å². The summed E-state index contributed by atoms with van der Waals surface area (Å²) in [7, 11) is 0. The molecule has 2 aliphatic heterocycles. The van der Waals surface area contributed by atoms with Gasteiger partial charge in [0.25, 0.3) is 0 Å². The van der Waals surface area contributed by atoms with Gasteiger partial charge in [0.05, 0.1) is 19.3 Å². The molecule has 0 radical (unpaired) electrons. The summed E-state index contributed by atoms with van der Waals surface area (Å²) in [6, 6.07) is 4.25. The van der Waals surface area contributed by atoms with Crippen LogP contribution in [0.5, 0.6) is 0 Å². The molecule has 1 N–H and O–H groups in total. The van der Waals surface area contributed by atoms with Gasteiger partial charge in [-0.05, 0) is 37.5 Å². The van der Waals surface area contributed by atoms with Crippen molar-refractivity contribution >= 4 is 47.5 Å². The second-order valence-electron chi connectivity index (χ2n) is 7.92. The first kappa shape index (κ1) is 24.5. The average molecular weight is 534 g/mol. The summed E-state index contributed by atoms with van der Waals surface area (Å²) in [5, 5.41) is 4.16. The molecule has 29 heavy (non-hydrogen) atoms. The van der Waals surface area contributed by atoms with E-state index < -0.39 is 0 Å². The lowest BCUT2D eigenvalue weighted by Crippen LogP contribution is -2.49. The van der Waals surface area contributed by atoms with Crippen molar-refractivity contribution in [2.24, 2.45) is 10.9 Å². The predicted octanol–water partition coefficient (Wildman–Crippen LogP) is 3.46. The highest BCUT2D eigenvalue weighted by atomic mass is 127. The van der Waals surface area contributed by atoms with Gasteiger partial charge in [-0.15, -0.1) is 24.0 Å². The van der Waals surface area contributed by atoms with E-state index in [9.17, 15) is 0 Å². The van der Waals surface area contributed by atoms with Gasteiger partial charge in [-0.2, -0.15) is 11.8 Å². The van der Waals surface area contributed by atoms with E-state index in [1.165, 1.54) is 11.3 Å². The summed E-state index contributed by atoms with van der Waals surface area (Å²) in [6.07, 6.45) is 2.16. The number of aromatic nitrogens is 1. The molecule has 0 aliphatic carbocycles. The summed E-state index contributed by atoms with van der Waals surface area (Å²) < 4.78 is 5.65. The molecular formula is C21H36IN5OS. The van der Waals surface area contributed by atoms with Gasteiger partial charge in [0, 0.05) is 49.9 Å². The molecule has 6 nitrogen and oxygen atoms in total. The highest BCUT2D eigenvalue weighted by Gasteiger charge is 2.25. The average Bonchev–Trinajstić information content (AvgIpc) is 2.71. The van der Waals surface area contributed by atoms with Crippen LogP contribution in [0.4, 0.5) is 5.82 Å². The van der Waals surface area contributed by atoms with Crippen molar-refractivity contribution in [3.8, 4) is 0 Å². The van der Waals surface area contributed by atoms with Crippen LogP contribution in [0.2, 0.25) is 0 Å². The van der Waals surface area contributed by atoms with Crippen LogP contribution >= 0.6 is 35.7 Å². The van der Waals surface area contributed by atoms with E-state index >= 15 is 0 Å². The fraction of sp³-hybridized carbons (Fsp3) is 0.714.